The second-order valence-electron chi connectivity index (χ2n) is 6.25. The molecule has 0 heterocycles. The number of benzene rings is 1. The molecule has 3 atom stereocenters. The molecule has 1 aliphatic rings. The average molecular weight is 276 g/mol. The Labute approximate surface area is 122 Å². The molecule has 3 N–H and O–H groups in total. The van der Waals surface area contributed by atoms with Crippen molar-refractivity contribution in [1.29, 1.82) is 0 Å². The molecule has 0 aliphatic heterocycles. The van der Waals surface area contributed by atoms with Crippen LogP contribution in [0.25, 0.3) is 0 Å². The van der Waals surface area contributed by atoms with Crippen molar-refractivity contribution in [2.45, 2.75) is 52.5 Å². The van der Waals surface area contributed by atoms with Crippen LogP contribution in [0, 0.1) is 11.8 Å². The lowest BCUT2D eigenvalue weighted by Gasteiger charge is -2.33. The van der Waals surface area contributed by atoms with Gasteiger partial charge in [-0.05, 0) is 43.6 Å². The summed E-state index contributed by atoms with van der Waals surface area (Å²) in [6, 6.07) is 6.52. The molecule has 0 amide bonds. The monoisotopic (exact) mass is 276 g/mol. The third-order valence-electron chi connectivity index (χ3n) is 4.37. The van der Waals surface area contributed by atoms with Gasteiger partial charge in [-0.1, -0.05) is 20.8 Å². The topological polar surface area (TPSA) is 47.3 Å². The Balaban J connectivity index is 1.99. The fourth-order valence-corrected chi connectivity index (χ4v) is 2.92. The van der Waals surface area contributed by atoms with Crippen LogP contribution in [-0.2, 0) is 0 Å². The summed E-state index contributed by atoms with van der Waals surface area (Å²) in [5.41, 5.74) is 7.81. The molecule has 0 radical (unpaired) electrons. The molecule has 3 nitrogen and oxygen atoms in total. The highest BCUT2D eigenvalue weighted by atomic mass is 16.5. The number of rotatable bonds is 5. The lowest BCUT2D eigenvalue weighted by atomic mass is 9.79. The predicted molar refractivity (Wildman–Crippen MR) is 86.2 cm³/mol. The van der Waals surface area contributed by atoms with E-state index in [0.29, 0.717) is 6.04 Å². The lowest BCUT2D eigenvalue weighted by Crippen LogP contribution is -2.30. The van der Waals surface area contributed by atoms with Gasteiger partial charge >= 0.3 is 0 Å². The Kier molecular flexibility index (Phi) is 5.16. The van der Waals surface area contributed by atoms with Crippen molar-refractivity contribution in [2.24, 2.45) is 11.8 Å². The van der Waals surface area contributed by atoms with Crippen LogP contribution in [0.4, 0.5) is 11.4 Å². The maximum Gasteiger partial charge on any atom is 0.123 e. The molecule has 1 fully saturated rings. The summed E-state index contributed by atoms with van der Waals surface area (Å²) in [7, 11) is 0. The van der Waals surface area contributed by atoms with Crippen molar-refractivity contribution in [3.63, 3.8) is 0 Å². The first-order valence-corrected chi connectivity index (χ1v) is 7.88. The predicted octanol–water partition coefficient (Wildman–Crippen LogP) is 4.29. The number of anilines is 2. The number of ether oxygens (including phenoxy) is 1. The van der Waals surface area contributed by atoms with Crippen LogP contribution in [0.1, 0.15) is 46.5 Å². The molecule has 1 aromatic carbocycles. The zero-order valence-corrected chi connectivity index (χ0v) is 13.0. The normalized spacial score (nSPS) is 26.2. The van der Waals surface area contributed by atoms with Crippen molar-refractivity contribution in [2.75, 3.05) is 17.7 Å². The maximum absolute atomic E-state index is 5.97. The molecule has 0 spiro atoms. The van der Waals surface area contributed by atoms with Gasteiger partial charge in [0, 0.05) is 29.5 Å². The van der Waals surface area contributed by atoms with Gasteiger partial charge in [0.05, 0.1) is 6.61 Å². The molecule has 3 unspecified atom stereocenters. The van der Waals surface area contributed by atoms with E-state index in [9.17, 15) is 0 Å². The van der Waals surface area contributed by atoms with E-state index in [2.05, 4.69) is 32.2 Å². The van der Waals surface area contributed by atoms with Crippen molar-refractivity contribution in [3.05, 3.63) is 18.2 Å². The molecule has 20 heavy (non-hydrogen) atoms. The van der Waals surface area contributed by atoms with Gasteiger partial charge < -0.3 is 15.8 Å². The number of nitrogens with one attached hydrogen (secondary N) is 1. The quantitative estimate of drug-likeness (QED) is 0.788. The number of nitrogen functional groups attached to an aromatic ring is 1. The summed E-state index contributed by atoms with van der Waals surface area (Å²) >= 11 is 0. The van der Waals surface area contributed by atoms with Gasteiger partial charge in [-0.25, -0.2) is 0 Å². The maximum atomic E-state index is 5.97. The number of hydrogen-bond donors (Lipinski definition) is 2. The largest absolute Gasteiger partial charge is 0.493 e. The van der Waals surface area contributed by atoms with E-state index in [-0.39, 0.29) is 0 Å². The van der Waals surface area contributed by atoms with Crippen LogP contribution >= 0.6 is 0 Å². The van der Waals surface area contributed by atoms with Gasteiger partial charge in [-0.15, -0.1) is 0 Å². The molecule has 3 heteroatoms. The zero-order valence-electron chi connectivity index (χ0n) is 13.0. The average Bonchev–Trinajstić information content (AvgIpc) is 2.40. The Bertz CT molecular complexity index is 433. The summed E-state index contributed by atoms with van der Waals surface area (Å²) in [6.07, 6.45) is 4.79. The summed E-state index contributed by atoms with van der Waals surface area (Å²) in [5.74, 6) is 2.50. The first-order chi connectivity index (χ1) is 9.58. The van der Waals surface area contributed by atoms with Crippen LogP contribution in [0.15, 0.2) is 18.2 Å². The smallest absolute Gasteiger partial charge is 0.123 e. The molecule has 112 valence electrons. The Morgan fingerprint density at radius 3 is 2.70 bits per heavy atom. The highest BCUT2D eigenvalue weighted by Crippen LogP contribution is 2.32. The van der Waals surface area contributed by atoms with Gasteiger partial charge in [0.25, 0.3) is 0 Å². The second-order valence-corrected chi connectivity index (χ2v) is 6.25. The van der Waals surface area contributed by atoms with Gasteiger partial charge in [0.1, 0.15) is 5.75 Å². The van der Waals surface area contributed by atoms with E-state index in [4.69, 9.17) is 10.5 Å². The van der Waals surface area contributed by atoms with Crippen molar-refractivity contribution < 1.29 is 4.74 Å². The van der Waals surface area contributed by atoms with Crippen LogP contribution in [-0.4, -0.2) is 12.6 Å². The van der Waals surface area contributed by atoms with E-state index in [0.717, 1.165) is 42.0 Å². The molecule has 1 aliphatic carbocycles. The number of nitrogens with two attached hydrogens (primary N) is 1. The summed E-state index contributed by atoms with van der Waals surface area (Å²) in [5, 5.41) is 3.63. The molecule has 0 saturated heterocycles. The van der Waals surface area contributed by atoms with Gasteiger partial charge in [-0.3, -0.25) is 0 Å². The van der Waals surface area contributed by atoms with E-state index in [1.54, 1.807) is 0 Å². The summed E-state index contributed by atoms with van der Waals surface area (Å²) in [4.78, 5) is 0. The van der Waals surface area contributed by atoms with Crippen LogP contribution in [0.2, 0.25) is 0 Å². The summed E-state index contributed by atoms with van der Waals surface area (Å²) in [6.45, 7) is 7.56. The highest BCUT2D eigenvalue weighted by molar-refractivity contribution is 5.59. The van der Waals surface area contributed by atoms with E-state index in [1.807, 2.05) is 12.1 Å². The second kappa shape index (κ2) is 6.87. The third-order valence-corrected chi connectivity index (χ3v) is 4.37. The number of hydrogen-bond acceptors (Lipinski definition) is 3. The zero-order chi connectivity index (χ0) is 14.5. The molecule has 1 saturated carbocycles. The Morgan fingerprint density at radius 2 is 2.00 bits per heavy atom. The Morgan fingerprint density at radius 1 is 1.20 bits per heavy atom. The molecule has 0 aromatic heterocycles. The van der Waals surface area contributed by atoms with Crippen molar-refractivity contribution >= 4 is 11.4 Å². The van der Waals surface area contributed by atoms with Crippen LogP contribution in [0.5, 0.6) is 5.75 Å². The van der Waals surface area contributed by atoms with Crippen LogP contribution < -0.4 is 15.8 Å². The minimum atomic E-state index is 0.557. The minimum Gasteiger partial charge on any atom is -0.493 e. The standard InChI is InChI=1S/C17H28N2O/c1-4-7-20-17-10-14(18)9-16(11-17)19-15-6-5-12(2)13(3)8-15/h9-13,15,19H,4-8,18H2,1-3H3. The molecule has 1 aromatic rings. The van der Waals surface area contributed by atoms with Crippen LogP contribution in [0.3, 0.4) is 0 Å². The fourth-order valence-electron chi connectivity index (χ4n) is 2.92. The lowest BCUT2D eigenvalue weighted by molar-refractivity contribution is 0.261. The Hall–Kier alpha value is -1.38. The van der Waals surface area contributed by atoms with Gasteiger partial charge in [0.2, 0.25) is 0 Å². The van der Waals surface area contributed by atoms with E-state index in [1.165, 1.54) is 19.3 Å². The van der Waals surface area contributed by atoms with Crippen molar-refractivity contribution in [1.82, 2.24) is 0 Å². The highest BCUT2D eigenvalue weighted by Gasteiger charge is 2.24. The first kappa shape index (κ1) is 15.0. The van der Waals surface area contributed by atoms with E-state index >= 15 is 0 Å². The first-order valence-electron chi connectivity index (χ1n) is 7.88. The SMILES string of the molecule is CCCOc1cc(N)cc(NC2CCC(C)C(C)C2)c1. The molecular weight excluding hydrogens is 248 g/mol. The fraction of sp³-hybridized carbons (Fsp3) is 0.647. The molecule has 0 bridgehead atoms. The van der Waals surface area contributed by atoms with Gasteiger partial charge in [0.15, 0.2) is 0 Å². The van der Waals surface area contributed by atoms with E-state index < -0.39 is 0 Å². The molecule has 2 rings (SSSR count). The van der Waals surface area contributed by atoms with Crippen molar-refractivity contribution in [3.8, 4) is 5.75 Å². The molecular formula is C17H28N2O. The minimum absolute atomic E-state index is 0.557. The van der Waals surface area contributed by atoms with Gasteiger partial charge in [-0.2, -0.15) is 0 Å². The summed E-state index contributed by atoms with van der Waals surface area (Å²) < 4.78 is 5.68. The third kappa shape index (κ3) is 4.06.